The second kappa shape index (κ2) is 7.10. The van der Waals surface area contributed by atoms with E-state index in [2.05, 4.69) is 46.9 Å². The number of anilines is 1. The van der Waals surface area contributed by atoms with E-state index in [4.69, 9.17) is 4.74 Å². The van der Waals surface area contributed by atoms with Crippen molar-refractivity contribution in [3.05, 3.63) is 41.7 Å². The Morgan fingerprint density at radius 3 is 2.85 bits per heavy atom. The number of rotatable bonds is 7. The van der Waals surface area contributed by atoms with E-state index in [-0.39, 0.29) is 0 Å². The maximum absolute atomic E-state index is 5.33. The van der Waals surface area contributed by atoms with Gasteiger partial charge in [0.15, 0.2) is 0 Å². The smallest absolute Gasteiger partial charge is 0.207 e. The minimum absolute atomic E-state index is 0.775. The fourth-order valence-electron chi connectivity index (χ4n) is 2.04. The Morgan fingerprint density at radius 2 is 2.10 bits per heavy atom. The van der Waals surface area contributed by atoms with E-state index in [0.29, 0.717) is 0 Å². The summed E-state index contributed by atoms with van der Waals surface area (Å²) >= 11 is 0. The predicted molar refractivity (Wildman–Crippen MR) is 82.6 cm³/mol. The molecule has 0 fully saturated rings. The first-order valence-electron chi connectivity index (χ1n) is 7.15. The zero-order valence-electron chi connectivity index (χ0n) is 12.5. The molecule has 0 bridgehead atoms. The maximum Gasteiger partial charge on any atom is 0.207 e. The third-order valence-corrected chi connectivity index (χ3v) is 3.36. The largest absolute Gasteiger partial charge is 0.382 e. The molecule has 0 amide bonds. The van der Waals surface area contributed by atoms with Crippen LogP contribution in [0.2, 0.25) is 0 Å². The molecule has 1 N–H and O–H groups in total. The molecule has 0 spiro atoms. The number of hydrogen-bond acceptors (Lipinski definition) is 3. The lowest BCUT2D eigenvalue weighted by Crippen LogP contribution is -2.10. The molecular weight excluding hydrogens is 250 g/mol. The van der Waals surface area contributed by atoms with Gasteiger partial charge in [-0.25, -0.2) is 4.98 Å². The lowest BCUT2D eigenvalue weighted by Gasteiger charge is -2.11. The molecule has 0 aliphatic heterocycles. The van der Waals surface area contributed by atoms with Crippen molar-refractivity contribution in [1.29, 1.82) is 0 Å². The second-order valence-electron chi connectivity index (χ2n) is 4.87. The average Bonchev–Trinajstić information content (AvgIpc) is 2.90. The number of ether oxygens (including phenoxy) is 1. The van der Waals surface area contributed by atoms with Crippen LogP contribution in [0.5, 0.6) is 0 Å². The molecule has 108 valence electrons. The molecule has 2 rings (SSSR count). The third kappa shape index (κ3) is 3.61. The van der Waals surface area contributed by atoms with Crippen LogP contribution in [0.15, 0.2) is 30.6 Å². The molecule has 0 unspecified atom stereocenters. The summed E-state index contributed by atoms with van der Waals surface area (Å²) in [6.45, 7) is 8.69. The molecular formula is C16H23N3O. The number of aryl methyl sites for hydroxylation is 2. The summed E-state index contributed by atoms with van der Waals surface area (Å²) in [5.41, 5.74) is 3.73. The zero-order chi connectivity index (χ0) is 14.4. The molecule has 1 aromatic heterocycles. The Morgan fingerprint density at radius 1 is 1.25 bits per heavy atom. The second-order valence-corrected chi connectivity index (χ2v) is 4.87. The van der Waals surface area contributed by atoms with E-state index in [1.165, 1.54) is 11.1 Å². The van der Waals surface area contributed by atoms with E-state index in [9.17, 15) is 0 Å². The van der Waals surface area contributed by atoms with Crippen LogP contribution in [0.1, 0.15) is 24.5 Å². The number of benzene rings is 1. The summed E-state index contributed by atoms with van der Waals surface area (Å²) in [4.78, 5) is 4.37. The van der Waals surface area contributed by atoms with Crippen molar-refractivity contribution in [1.82, 2.24) is 9.55 Å². The molecule has 4 heteroatoms. The molecule has 2 aromatic rings. The van der Waals surface area contributed by atoms with E-state index in [1.54, 1.807) is 0 Å². The lowest BCUT2D eigenvalue weighted by atomic mass is 10.1. The highest BCUT2D eigenvalue weighted by Crippen LogP contribution is 2.17. The molecule has 0 saturated heterocycles. The Hall–Kier alpha value is -1.81. The molecule has 1 aromatic carbocycles. The van der Waals surface area contributed by atoms with Gasteiger partial charge in [0.1, 0.15) is 0 Å². The molecule has 4 nitrogen and oxygen atoms in total. The number of imidazole rings is 1. The Balaban J connectivity index is 2.02. The average molecular weight is 273 g/mol. The van der Waals surface area contributed by atoms with Crippen LogP contribution in [-0.4, -0.2) is 29.3 Å². The van der Waals surface area contributed by atoms with Crippen LogP contribution in [0, 0.1) is 13.8 Å². The van der Waals surface area contributed by atoms with E-state index < -0.39 is 0 Å². The maximum atomic E-state index is 5.33. The summed E-state index contributed by atoms with van der Waals surface area (Å²) in [7, 11) is 0. The van der Waals surface area contributed by atoms with Gasteiger partial charge in [-0.15, -0.1) is 0 Å². The van der Waals surface area contributed by atoms with Gasteiger partial charge in [0.2, 0.25) is 5.95 Å². The first-order valence-corrected chi connectivity index (χ1v) is 7.15. The molecule has 1 heterocycles. The Bertz CT molecular complexity index is 548. The standard InChI is InChI=1S/C16H23N3O/c1-4-20-11-5-8-17-16-18-9-10-19(16)15-7-6-13(2)14(3)12-15/h6-7,9-10,12H,4-5,8,11H2,1-3H3,(H,17,18). The van der Waals surface area contributed by atoms with Crippen molar-refractivity contribution in [3.8, 4) is 5.69 Å². The summed E-state index contributed by atoms with van der Waals surface area (Å²) in [6, 6.07) is 6.45. The molecule has 0 saturated carbocycles. The highest BCUT2D eigenvalue weighted by molar-refractivity contribution is 5.45. The summed E-state index contributed by atoms with van der Waals surface area (Å²) in [5, 5.41) is 3.36. The van der Waals surface area contributed by atoms with Crippen LogP contribution in [0.4, 0.5) is 5.95 Å². The highest BCUT2D eigenvalue weighted by Gasteiger charge is 2.05. The van der Waals surface area contributed by atoms with Crippen LogP contribution in [-0.2, 0) is 4.74 Å². The van der Waals surface area contributed by atoms with E-state index in [0.717, 1.165) is 37.8 Å². The van der Waals surface area contributed by atoms with Gasteiger partial charge in [-0.2, -0.15) is 0 Å². The van der Waals surface area contributed by atoms with Gasteiger partial charge in [0.25, 0.3) is 0 Å². The zero-order valence-corrected chi connectivity index (χ0v) is 12.5. The van der Waals surface area contributed by atoms with Crippen LogP contribution in [0.3, 0.4) is 0 Å². The van der Waals surface area contributed by atoms with Crippen LogP contribution < -0.4 is 5.32 Å². The monoisotopic (exact) mass is 273 g/mol. The fraction of sp³-hybridized carbons (Fsp3) is 0.438. The number of aromatic nitrogens is 2. The SMILES string of the molecule is CCOCCCNc1nccn1-c1ccc(C)c(C)c1. The fourth-order valence-corrected chi connectivity index (χ4v) is 2.04. The van der Waals surface area contributed by atoms with E-state index in [1.807, 2.05) is 19.3 Å². The molecule has 0 radical (unpaired) electrons. The highest BCUT2D eigenvalue weighted by atomic mass is 16.5. The quantitative estimate of drug-likeness (QED) is 0.786. The van der Waals surface area contributed by atoms with Crippen molar-refractivity contribution >= 4 is 5.95 Å². The Kier molecular flexibility index (Phi) is 5.18. The number of hydrogen-bond donors (Lipinski definition) is 1. The minimum atomic E-state index is 0.775. The van der Waals surface area contributed by atoms with Crippen molar-refractivity contribution < 1.29 is 4.74 Å². The van der Waals surface area contributed by atoms with Gasteiger partial charge in [0.05, 0.1) is 0 Å². The van der Waals surface area contributed by atoms with Gasteiger partial charge in [-0.1, -0.05) is 6.07 Å². The van der Waals surface area contributed by atoms with Crippen LogP contribution >= 0.6 is 0 Å². The first-order chi connectivity index (χ1) is 9.72. The minimum Gasteiger partial charge on any atom is -0.382 e. The van der Waals surface area contributed by atoms with Crippen molar-refractivity contribution in [2.45, 2.75) is 27.2 Å². The van der Waals surface area contributed by atoms with Gasteiger partial charge in [-0.05, 0) is 50.5 Å². The first kappa shape index (κ1) is 14.6. The normalized spacial score (nSPS) is 10.8. The van der Waals surface area contributed by atoms with Gasteiger partial charge in [-0.3, -0.25) is 4.57 Å². The third-order valence-electron chi connectivity index (χ3n) is 3.36. The Labute approximate surface area is 120 Å². The number of nitrogens with one attached hydrogen (secondary N) is 1. The molecule has 0 aliphatic carbocycles. The van der Waals surface area contributed by atoms with Gasteiger partial charge < -0.3 is 10.1 Å². The van der Waals surface area contributed by atoms with E-state index >= 15 is 0 Å². The lowest BCUT2D eigenvalue weighted by molar-refractivity contribution is 0.147. The molecule has 0 atom stereocenters. The van der Waals surface area contributed by atoms with Crippen molar-refractivity contribution in [2.75, 3.05) is 25.1 Å². The summed E-state index contributed by atoms with van der Waals surface area (Å²) < 4.78 is 7.41. The summed E-state index contributed by atoms with van der Waals surface area (Å²) in [6.07, 6.45) is 4.78. The summed E-state index contributed by atoms with van der Waals surface area (Å²) in [5.74, 6) is 0.879. The van der Waals surface area contributed by atoms with Crippen molar-refractivity contribution in [3.63, 3.8) is 0 Å². The topological polar surface area (TPSA) is 39.1 Å². The molecule has 0 aliphatic rings. The molecule has 20 heavy (non-hydrogen) atoms. The van der Waals surface area contributed by atoms with Gasteiger partial charge >= 0.3 is 0 Å². The number of nitrogens with zero attached hydrogens (tertiary/aromatic N) is 2. The van der Waals surface area contributed by atoms with Crippen molar-refractivity contribution in [2.24, 2.45) is 0 Å². The predicted octanol–water partition coefficient (Wildman–Crippen LogP) is 3.33. The van der Waals surface area contributed by atoms with Crippen LogP contribution in [0.25, 0.3) is 5.69 Å². The van der Waals surface area contributed by atoms with Gasteiger partial charge in [0, 0.05) is 37.8 Å².